The van der Waals surface area contributed by atoms with Gasteiger partial charge < -0.3 is 13.9 Å². The monoisotopic (exact) mass is 310 g/mol. The van der Waals surface area contributed by atoms with E-state index in [0.717, 1.165) is 16.9 Å². The lowest BCUT2D eigenvalue weighted by atomic mass is 10.2. The fraction of sp³-hybridized carbons (Fsp3) is 0.222. The minimum absolute atomic E-state index is 0.440. The first-order valence-corrected chi connectivity index (χ1v) is 7.41. The molecule has 118 valence electrons. The molecule has 1 aromatic heterocycles. The van der Waals surface area contributed by atoms with Gasteiger partial charge in [0.2, 0.25) is 11.8 Å². The van der Waals surface area contributed by atoms with E-state index in [1.54, 1.807) is 7.11 Å². The number of hydrogen-bond acceptors (Lipinski definition) is 5. The summed E-state index contributed by atoms with van der Waals surface area (Å²) in [6.07, 6.45) is 0.539. The normalized spacial score (nSPS) is 10.5. The van der Waals surface area contributed by atoms with Crippen molar-refractivity contribution in [1.82, 2.24) is 10.2 Å². The van der Waals surface area contributed by atoms with Crippen molar-refractivity contribution in [2.24, 2.45) is 0 Å². The van der Waals surface area contributed by atoms with Crippen LogP contribution in [0.4, 0.5) is 0 Å². The Labute approximate surface area is 134 Å². The molecule has 0 bridgehead atoms. The molecule has 5 heteroatoms. The third kappa shape index (κ3) is 3.69. The predicted molar refractivity (Wildman–Crippen MR) is 86.7 cm³/mol. The molecule has 3 rings (SSSR count). The van der Waals surface area contributed by atoms with E-state index in [4.69, 9.17) is 13.9 Å². The van der Waals surface area contributed by atoms with Crippen LogP contribution in [0.3, 0.4) is 0 Å². The van der Waals surface area contributed by atoms with Crippen molar-refractivity contribution in [2.75, 3.05) is 13.7 Å². The average molecular weight is 310 g/mol. The summed E-state index contributed by atoms with van der Waals surface area (Å²) < 4.78 is 16.7. The van der Waals surface area contributed by atoms with Crippen LogP contribution in [0.15, 0.2) is 52.9 Å². The Hall–Kier alpha value is -2.82. The number of ether oxygens (including phenoxy) is 2. The van der Waals surface area contributed by atoms with Crippen molar-refractivity contribution >= 4 is 0 Å². The molecule has 0 saturated heterocycles. The first kappa shape index (κ1) is 15.1. The topological polar surface area (TPSA) is 57.4 Å². The molecule has 0 fully saturated rings. The molecule has 0 amide bonds. The molecule has 23 heavy (non-hydrogen) atoms. The van der Waals surface area contributed by atoms with Crippen molar-refractivity contribution in [3.05, 3.63) is 60.0 Å². The smallest absolute Gasteiger partial charge is 0.247 e. The molecule has 0 unspecified atom stereocenters. The predicted octanol–water partition coefficient (Wildman–Crippen LogP) is 3.68. The number of methoxy groups -OCH3 is 1. The molecule has 0 saturated carbocycles. The quantitative estimate of drug-likeness (QED) is 0.695. The highest BCUT2D eigenvalue weighted by atomic mass is 16.5. The zero-order chi connectivity index (χ0) is 16.1. The Bertz CT molecular complexity index is 769. The third-order valence-electron chi connectivity index (χ3n) is 3.38. The second-order valence-corrected chi connectivity index (χ2v) is 5.12. The van der Waals surface area contributed by atoms with Gasteiger partial charge in [0.05, 0.1) is 20.1 Å². The Kier molecular flexibility index (Phi) is 4.57. The fourth-order valence-electron chi connectivity index (χ4n) is 2.19. The molecule has 0 aliphatic carbocycles. The molecule has 5 nitrogen and oxygen atoms in total. The molecule has 0 radical (unpaired) electrons. The lowest BCUT2D eigenvalue weighted by Crippen LogP contribution is -2.03. The Morgan fingerprint density at radius 1 is 1.00 bits per heavy atom. The van der Waals surface area contributed by atoms with Crippen LogP contribution in [-0.4, -0.2) is 23.9 Å². The summed E-state index contributed by atoms with van der Waals surface area (Å²) in [6.45, 7) is 2.45. The summed E-state index contributed by atoms with van der Waals surface area (Å²) in [6, 6.07) is 15.5. The molecule has 3 aromatic rings. The van der Waals surface area contributed by atoms with Crippen LogP contribution in [-0.2, 0) is 6.42 Å². The van der Waals surface area contributed by atoms with Crippen molar-refractivity contribution in [2.45, 2.75) is 13.3 Å². The summed E-state index contributed by atoms with van der Waals surface area (Å²) in [5.41, 5.74) is 2.03. The van der Waals surface area contributed by atoms with Gasteiger partial charge in [-0.25, -0.2) is 0 Å². The van der Waals surface area contributed by atoms with E-state index in [-0.39, 0.29) is 0 Å². The Morgan fingerprint density at radius 3 is 2.61 bits per heavy atom. The average Bonchev–Trinajstić information content (AvgIpc) is 3.06. The van der Waals surface area contributed by atoms with E-state index in [9.17, 15) is 0 Å². The van der Waals surface area contributed by atoms with Gasteiger partial charge in [-0.1, -0.05) is 24.3 Å². The first-order chi connectivity index (χ1) is 11.3. The largest absolute Gasteiger partial charge is 0.493 e. The number of aryl methyl sites for hydroxylation is 1. The zero-order valence-electron chi connectivity index (χ0n) is 13.2. The highest BCUT2D eigenvalue weighted by Gasteiger charge is 2.09. The van der Waals surface area contributed by atoms with Crippen LogP contribution in [0.1, 0.15) is 11.5 Å². The summed E-state index contributed by atoms with van der Waals surface area (Å²) in [7, 11) is 1.63. The number of benzene rings is 2. The Morgan fingerprint density at radius 2 is 1.83 bits per heavy atom. The fourth-order valence-corrected chi connectivity index (χ4v) is 2.19. The number of aromatic nitrogens is 2. The molecule has 0 N–H and O–H groups in total. The van der Waals surface area contributed by atoms with E-state index >= 15 is 0 Å². The molecule has 0 aliphatic heterocycles. The second kappa shape index (κ2) is 6.96. The van der Waals surface area contributed by atoms with E-state index in [2.05, 4.69) is 10.2 Å². The van der Waals surface area contributed by atoms with E-state index < -0.39 is 0 Å². The second-order valence-electron chi connectivity index (χ2n) is 5.12. The van der Waals surface area contributed by atoms with Crippen LogP contribution in [0.2, 0.25) is 0 Å². The van der Waals surface area contributed by atoms with Crippen molar-refractivity contribution in [3.8, 4) is 23.0 Å². The van der Waals surface area contributed by atoms with Crippen LogP contribution < -0.4 is 9.47 Å². The standard InChI is InChI=1S/C18H18N2O3/c1-13-8-9-15(16(12-13)21-2)22-11-10-17-19-20-18(23-17)14-6-4-3-5-7-14/h3-9,12H,10-11H2,1-2H3. The summed E-state index contributed by atoms with van der Waals surface area (Å²) >= 11 is 0. The third-order valence-corrected chi connectivity index (χ3v) is 3.38. The Balaban J connectivity index is 1.60. The molecule has 2 aromatic carbocycles. The molecular formula is C18H18N2O3. The van der Waals surface area contributed by atoms with E-state index in [0.29, 0.717) is 30.6 Å². The first-order valence-electron chi connectivity index (χ1n) is 7.41. The summed E-state index contributed by atoms with van der Waals surface area (Å²) in [5, 5.41) is 8.11. The summed E-state index contributed by atoms with van der Waals surface area (Å²) in [5.74, 6) is 2.50. The van der Waals surface area contributed by atoms with Crippen LogP contribution in [0.5, 0.6) is 11.5 Å². The number of rotatable bonds is 6. The molecular weight excluding hydrogens is 292 g/mol. The van der Waals surface area contributed by atoms with Crippen LogP contribution in [0.25, 0.3) is 11.5 Å². The lowest BCUT2D eigenvalue weighted by Gasteiger charge is -2.10. The van der Waals surface area contributed by atoms with Gasteiger partial charge in [-0.3, -0.25) is 0 Å². The van der Waals surface area contributed by atoms with Gasteiger partial charge in [0.1, 0.15) is 0 Å². The molecule has 0 spiro atoms. The van der Waals surface area contributed by atoms with Gasteiger partial charge in [-0.2, -0.15) is 0 Å². The van der Waals surface area contributed by atoms with Gasteiger partial charge >= 0.3 is 0 Å². The molecule has 0 atom stereocenters. The van der Waals surface area contributed by atoms with Crippen molar-refractivity contribution < 1.29 is 13.9 Å². The molecule has 1 heterocycles. The molecule has 0 aliphatic rings. The van der Waals surface area contributed by atoms with Gasteiger partial charge in [0, 0.05) is 5.56 Å². The van der Waals surface area contributed by atoms with Gasteiger partial charge in [-0.05, 0) is 36.8 Å². The van der Waals surface area contributed by atoms with Gasteiger partial charge in [0.15, 0.2) is 11.5 Å². The summed E-state index contributed by atoms with van der Waals surface area (Å²) in [4.78, 5) is 0. The van der Waals surface area contributed by atoms with Crippen molar-refractivity contribution in [3.63, 3.8) is 0 Å². The van der Waals surface area contributed by atoms with Crippen molar-refractivity contribution in [1.29, 1.82) is 0 Å². The highest BCUT2D eigenvalue weighted by Crippen LogP contribution is 2.27. The van der Waals surface area contributed by atoms with E-state index in [1.807, 2.05) is 55.5 Å². The number of hydrogen-bond donors (Lipinski definition) is 0. The minimum Gasteiger partial charge on any atom is -0.493 e. The van der Waals surface area contributed by atoms with E-state index in [1.165, 1.54) is 0 Å². The van der Waals surface area contributed by atoms with Gasteiger partial charge in [-0.15, -0.1) is 10.2 Å². The lowest BCUT2D eigenvalue weighted by molar-refractivity contribution is 0.287. The van der Waals surface area contributed by atoms with Gasteiger partial charge in [0.25, 0.3) is 0 Å². The maximum absolute atomic E-state index is 5.75. The number of nitrogens with zero attached hydrogens (tertiary/aromatic N) is 2. The SMILES string of the molecule is COc1cc(C)ccc1OCCc1nnc(-c2ccccc2)o1. The maximum Gasteiger partial charge on any atom is 0.247 e. The zero-order valence-corrected chi connectivity index (χ0v) is 13.2. The van der Waals surface area contributed by atoms with Crippen LogP contribution in [0, 0.1) is 6.92 Å². The highest BCUT2D eigenvalue weighted by molar-refractivity contribution is 5.51. The maximum atomic E-state index is 5.75. The minimum atomic E-state index is 0.440. The van der Waals surface area contributed by atoms with Crippen LogP contribution >= 0.6 is 0 Å².